The van der Waals surface area contributed by atoms with Crippen molar-refractivity contribution in [2.24, 2.45) is 5.73 Å². The van der Waals surface area contributed by atoms with Gasteiger partial charge in [-0.05, 0) is 31.5 Å². The van der Waals surface area contributed by atoms with Gasteiger partial charge in [0.1, 0.15) is 0 Å². The minimum absolute atomic E-state index is 0.0135. The Morgan fingerprint density at radius 1 is 1.36 bits per heavy atom. The largest absolute Gasteiger partial charge is 0.493 e. The lowest BCUT2D eigenvalue weighted by Crippen LogP contribution is -2.05. The highest BCUT2D eigenvalue weighted by Gasteiger charge is 2.06. The van der Waals surface area contributed by atoms with Crippen molar-refractivity contribution in [1.29, 1.82) is 0 Å². The Hall–Kier alpha value is -1.22. The second-order valence-electron chi connectivity index (χ2n) is 3.13. The zero-order valence-electron chi connectivity index (χ0n) is 8.91. The molecule has 0 aromatic heterocycles. The molecule has 14 heavy (non-hydrogen) atoms. The molecule has 0 saturated carbocycles. The van der Waals surface area contributed by atoms with Gasteiger partial charge in [-0.1, -0.05) is 6.07 Å². The van der Waals surface area contributed by atoms with E-state index in [0.29, 0.717) is 6.61 Å². The van der Waals surface area contributed by atoms with Crippen molar-refractivity contribution in [2.45, 2.75) is 19.9 Å². The van der Waals surface area contributed by atoms with Crippen LogP contribution in [0.4, 0.5) is 0 Å². The van der Waals surface area contributed by atoms with Crippen LogP contribution >= 0.6 is 0 Å². The lowest BCUT2D eigenvalue weighted by atomic mass is 10.1. The molecular weight excluding hydrogens is 178 g/mol. The summed E-state index contributed by atoms with van der Waals surface area (Å²) < 4.78 is 10.6. The minimum atomic E-state index is 0.0135. The molecule has 0 aliphatic carbocycles. The maximum Gasteiger partial charge on any atom is 0.161 e. The molecule has 0 bridgehead atoms. The van der Waals surface area contributed by atoms with Gasteiger partial charge in [-0.2, -0.15) is 0 Å². The van der Waals surface area contributed by atoms with Crippen LogP contribution in [0, 0.1) is 0 Å². The molecule has 1 atom stereocenters. The molecule has 0 fully saturated rings. The SMILES string of the molecule is CCOc1ccc([C@H](C)N)cc1OC. The van der Waals surface area contributed by atoms with Crippen molar-refractivity contribution < 1.29 is 9.47 Å². The molecule has 0 spiro atoms. The van der Waals surface area contributed by atoms with Gasteiger partial charge in [-0.25, -0.2) is 0 Å². The summed E-state index contributed by atoms with van der Waals surface area (Å²) in [5.41, 5.74) is 6.81. The van der Waals surface area contributed by atoms with Gasteiger partial charge < -0.3 is 15.2 Å². The van der Waals surface area contributed by atoms with E-state index >= 15 is 0 Å². The predicted octanol–water partition coefficient (Wildman–Crippen LogP) is 2.11. The highest BCUT2D eigenvalue weighted by molar-refractivity contribution is 5.43. The smallest absolute Gasteiger partial charge is 0.161 e. The molecule has 78 valence electrons. The number of methoxy groups -OCH3 is 1. The van der Waals surface area contributed by atoms with Crippen molar-refractivity contribution in [3.05, 3.63) is 23.8 Å². The van der Waals surface area contributed by atoms with Gasteiger partial charge in [0, 0.05) is 6.04 Å². The maximum absolute atomic E-state index is 5.76. The quantitative estimate of drug-likeness (QED) is 0.800. The van der Waals surface area contributed by atoms with Crippen LogP contribution in [-0.4, -0.2) is 13.7 Å². The summed E-state index contributed by atoms with van der Waals surface area (Å²) in [6.07, 6.45) is 0. The number of hydrogen-bond acceptors (Lipinski definition) is 3. The Kier molecular flexibility index (Phi) is 3.77. The summed E-state index contributed by atoms with van der Waals surface area (Å²) in [4.78, 5) is 0. The van der Waals surface area contributed by atoms with Crippen molar-refractivity contribution in [1.82, 2.24) is 0 Å². The second-order valence-corrected chi connectivity index (χ2v) is 3.13. The molecule has 1 aromatic carbocycles. The van der Waals surface area contributed by atoms with Crippen LogP contribution in [0.1, 0.15) is 25.5 Å². The van der Waals surface area contributed by atoms with E-state index in [-0.39, 0.29) is 6.04 Å². The first-order valence-corrected chi connectivity index (χ1v) is 4.75. The lowest BCUT2D eigenvalue weighted by Gasteiger charge is -2.12. The summed E-state index contributed by atoms with van der Waals surface area (Å²) in [5, 5.41) is 0. The molecule has 0 amide bonds. The summed E-state index contributed by atoms with van der Waals surface area (Å²) in [6, 6.07) is 5.77. The van der Waals surface area contributed by atoms with Gasteiger partial charge in [-0.3, -0.25) is 0 Å². The molecule has 0 unspecified atom stereocenters. The molecule has 0 saturated heterocycles. The number of rotatable bonds is 4. The van der Waals surface area contributed by atoms with Crippen LogP contribution in [0.3, 0.4) is 0 Å². The zero-order chi connectivity index (χ0) is 10.6. The molecule has 1 rings (SSSR count). The number of nitrogens with two attached hydrogens (primary N) is 1. The third-order valence-electron chi connectivity index (χ3n) is 2.01. The highest BCUT2D eigenvalue weighted by atomic mass is 16.5. The van der Waals surface area contributed by atoms with Crippen molar-refractivity contribution >= 4 is 0 Å². The first kappa shape index (κ1) is 10.9. The van der Waals surface area contributed by atoms with Gasteiger partial charge in [0.15, 0.2) is 11.5 Å². The fraction of sp³-hybridized carbons (Fsp3) is 0.455. The Labute approximate surface area is 84.8 Å². The highest BCUT2D eigenvalue weighted by Crippen LogP contribution is 2.29. The lowest BCUT2D eigenvalue weighted by molar-refractivity contribution is 0.310. The topological polar surface area (TPSA) is 44.5 Å². The molecule has 0 aliphatic heterocycles. The van der Waals surface area contributed by atoms with E-state index in [4.69, 9.17) is 15.2 Å². The molecular formula is C11H17NO2. The average molecular weight is 195 g/mol. The molecule has 3 heteroatoms. The van der Waals surface area contributed by atoms with Gasteiger partial charge in [0.25, 0.3) is 0 Å². The van der Waals surface area contributed by atoms with E-state index in [1.807, 2.05) is 32.0 Å². The number of ether oxygens (including phenoxy) is 2. The van der Waals surface area contributed by atoms with Crippen LogP contribution in [-0.2, 0) is 0 Å². The molecule has 1 aromatic rings. The van der Waals surface area contributed by atoms with Crippen LogP contribution in [0.25, 0.3) is 0 Å². The Morgan fingerprint density at radius 3 is 2.57 bits per heavy atom. The molecule has 0 radical (unpaired) electrons. The molecule has 0 heterocycles. The summed E-state index contributed by atoms with van der Waals surface area (Å²) >= 11 is 0. The van der Waals surface area contributed by atoms with Crippen LogP contribution in [0.5, 0.6) is 11.5 Å². The number of benzene rings is 1. The van der Waals surface area contributed by atoms with Gasteiger partial charge in [0.2, 0.25) is 0 Å². The van der Waals surface area contributed by atoms with E-state index in [1.54, 1.807) is 7.11 Å². The monoisotopic (exact) mass is 195 g/mol. The molecule has 2 N–H and O–H groups in total. The standard InChI is InChI=1S/C11H17NO2/c1-4-14-10-6-5-9(8(2)12)7-11(10)13-3/h5-8H,4,12H2,1-3H3/t8-/m0/s1. The summed E-state index contributed by atoms with van der Waals surface area (Å²) in [5.74, 6) is 1.50. The van der Waals surface area contributed by atoms with E-state index in [9.17, 15) is 0 Å². The van der Waals surface area contributed by atoms with Crippen LogP contribution in [0.2, 0.25) is 0 Å². The van der Waals surface area contributed by atoms with E-state index in [1.165, 1.54) is 0 Å². The minimum Gasteiger partial charge on any atom is -0.493 e. The third kappa shape index (κ3) is 2.39. The Morgan fingerprint density at radius 2 is 2.07 bits per heavy atom. The van der Waals surface area contributed by atoms with Crippen molar-refractivity contribution in [3.63, 3.8) is 0 Å². The van der Waals surface area contributed by atoms with Gasteiger partial charge in [0.05, 0.1) is 13.7 Å². The van der Waals surface area contributed by atoms with E-state index < -0.39 is 0 Å². The van der Waals surface area contributed by atoms with Crippen molar-refractivity contribution in [2.75, 3.05) is 13.7 Å². The second kappa shape index (κ2) is 4.86. The predicted molar refractivity (Wildman–Crippen MR) is 56.8 cm³/mol. The Balaban J connectivity index is 2.98. The average Bonchev–Trinajstić information content (AvgIpc) is 2.18. The normalized spacial score (nSPS) is 12.3. The first-order chi connectivity index (χ1) is 6.69. The zero-order valence-corrected chi connectivity index (χ0v) is 8.91. The maximum atomic E-state index is 5.76. The van der Waals surface area contributed by atoms with Gasteiger partial charge >= 0.3 is 0 Å². The first-order valence-electron chi connectivity index (χ1n) is 4.75. The van der Waals surface area contributed by atoms with Gasteiger partial charge in [-0.15, -0.1) is 0 Å². The van der Waals surface area contributed by atoms with Crippen molar-refractivity contribution in [3.8, 4) is 11.5 Å². The summed E-state index contributed by atoms with van der Waals surface area (Å²) in [7, 11) is 1.63. The van der Waals surface area contributed by atoms with Crippen LogP contribution < -0.4 is 15.2 Å². The summed E-state index contributed by atoms with van der Waals surface area (Å²) in [6.45, 7) is 4.52. The fourth-order valence-electron chi connectivity index (χ4n) is 1.24. The van der Waals surface area contributed by atoms with E-state index in [0.717, 1.165) is 17.1 Å². The fourth-order valence-corrected chi connectivity index (χ4v) is 1.24. The van der Waals surface area contributed by atoms with E-state index in [2.05, 4.69) is 0 Å². The molecule has 3 nitrogen and oxygen atoms in total. The Bertz CT molecular complexity index is 297. The number of hydrogen-bond donors (Lipinski definition) is 1. The van der Waals surface area contributed by atoms with Crippen LogP contribution in [0.15, 0.2) is 18.2 Å². The third-order valence-corrected chi connectivity index (χ3v) is 2.01. The molecule has 0 aliphatic rings.